The summed E-state index contributed by atoms with van der Waals surface area (Å²) in [5.41, 5.74) is -12.8. The highest BCUT2D eigenvalue weighted by molar-refractivity contribution is 8.23. The Kier molecular flexibility index (Phi) is 9.51. The van der Waals surface area contributed by atoms with Crippen molar-refractivity contribution in [3.8, 4) is 0 Å². The van der Waals surface area contributed by atoms with Crippen molar-refractivity contribution in [1.82, 2.24) is 0 Å². The second kappa shape index (κ2) is 12.1. The standard InChI is InChI=1S/C30H20F12P2S2/c31-25(32,27(35,36)29(39,40)43(45,21-13-5-1-6-14-21)22-15-7-2-8-16-22)26(33,34)28(37,38)30(41,42)44(46,23-17-9-3-10-18-23)24-19-11-4-12-20-24/h1-20H. The lowest BCUT2D eigenvalue weighted by molar-refractivity contribution is -0.406. The Morgan fingerprint density at radius 2 is 0.478 bits per heavy atom. The van der Waals surface area contributed by atoms with Crippen LogP contribution in [0.4, 0.5) is 52.7 Å². The van der Waals surface area contributed by atoms with Gasteiger partial charge in [-0.15, -0.1) is 0 Å². The highest BCUT2D eigenvalue weighted by Crippen LogP contribution is 2.73. The van der Waals surface area contributed by atoms with Crippen molar-refractivity contribution in [2.75, 3.05) is 0 Å². The highest BCUT2D eigenvalue weighted by atomic mass is 32.4. The van der Waals surface area contributed by atoms with Crippen LogP contribution in [0.1, 0.15) is 0 Å². The molecule has 0 saturated heterocycles. The molecule has 0 spiro atoms. The third kappa shape index (κ3) is 4.97. The van der Waals surface area contributed by atoms with Crippen molar-refractivity contribution < 1.29 is 52.7 Å². The van der Waals surface area contributed by atoms with Crippen LogP contribution < -0.4 is 21.2 Å². The van der Waals surface area contributed by atoms with Crippen LogP contribution in [0.2, 0.25) is 0 Å². The van der Waals surface area contributed by atoms with Crippen molar-refractivity contribution in [3.05, 3.63) is 121 Å². The zero-order valence-electron chi connectivity index (χ0n) is 22.8. The molecule has 4 aromatic carbocycles. The Bertz CT molecular complexity index is 1530. The van der Waals surface area contributed by atoms with Crippen LogP contribution in [-0.4, -0.2) is 35.0 Å². The zero-order chi connectivity index (χ0) is 34.5. The summed E-state index contributed by atoms with van der Waals surface area (Å²) < 4.78 is 188. The average molecular weight is 735 g/mol. The molecule has 0 aliphatic carbocycles. The van der Waals surface area contributed by atoms with Gasteiger partial charge in [-0.25, -0.2) is 0 Å². The van der Waals surface area contributed by atoms with Crippen LogP contribution in [0.5, 0.6) is 0 Å². The molecule has 0 bridgehead atoms. The zero-order valence-corrected chi connectivity index (χ0v) is 26.2. The first-order chi connectivity index (χ1) is 21.2. The lowest BCUT2D eigenvalue weighted by Gasteiger charge is -2.45. The predicted octanol–water partition coefficient (Wildman–Crippen LogP) is 8.97. The minimum Gasteiger partial charge on any atom is -0.193 e. The molecule has 0 N–H and O–H groups in total. The lowest BCUT2D eigenvalue weighted by Crippen LogP contribution is -2.71. The predicted molar refractivity (Wildman–Crippen MR) is 163 cm³/mol. The van der Waals surface area contributed by atoms with Crippen molar-refractivity contribution in [3.63, 3.8) is 0 Å². The van der Waals surface area contributed by atoms with Gasteiger partial charge in [-0.3, -0.25) is 0 Å². The van der Waals surface area contributed by atoms with Crippen LogP contribution in [0.25, 0.3) is 0 Å². The minimum atomic E-state index is -7.82. The molecule has 0 aliphatic heterocycles. The summed E-state index contributed by atoms with van der Waals surface area (Å²) in [5.74, 6) is -30.5. The second-order valence-electron chi connectivity index (χ2n) is 9.94. The van der Waals surface area contributed by atoms with Crippen molar-refractivity contribution in [1.29, 1.82) is 0 Å². The van der Waals surface area contributed by atoms with E-state index in [-0.39, 0.29) is 0 Å². The second-order valence-corrected chi connectivity index (χ2v) is 18.9. The first-order valence-electron chi connectivity index (χ1n) is 12.9. The molecule has 46 heavy (non-hydrogen) atoms. The summed E-state index contributed by atoms with van der Waals surface area (Å²) in [6.07, 6.45) is 0. The molecule has 0 aliphatic rings. The molecule has 4 aromatic rings. The summed E-state index contributed by atoms with van der Waals surface area (Å²) in [4.78, 5) is 0. The van der Waals surface area contributed by atoms with Gasteiger partial charge in [0.1, 0.15) is 0 Å². The van der Waals surface area contributed by atoms with E-state index < -0.39 is 68.3 Å². The minimum absolute atomic E-state index is 0.757. The fourth-order valence-electron chi connectivity index (χ4n) is 4.67. The van der Waals surface area contributed by atoms with E-state index in [0.717, 1.165) is 97.1 Å². The molecular weight excluding hydrogens is 714 g/mol. The number of halogens is 12. The van der Waals surface area contributed by atoms with E-state index in [0.29, 0.717) is 0 Å². The van der Waals surface area contributed by atoms with Crippen LogP contribution >= 0.6 is 12.1 Å². The lowest BCUT2D eigenvalue weighted by atomic mass is 9.98. The first-order valence-corrected chi connectivity index (χ1v) is 18.5. The maximum atomic E-state index is 16.0. The quantitative estimate of drug-likeness (QED) is 0.112. The summed E-state index contributed by atoms with van der Waals surface area (Å²) in [6.45, 7) is 0. The van der Waals surface area contributed by atoms with Gasteiger partial charge in [-0.05, 0) is 21.2 Å². The molecular formula is C30H20F12P2S2. The summed E-state index contributed by atoms with van der Waals surface area (Å²) in [6, 6.07) is 7.83. The molecule has 16 heteroatoms. The van der Waals surface area contributed by atoms with Gasteiger partial charge in [0.25, 0.3) is 0 Å². The summed E-state index contributed by atoms with van der Waals surface area (Å²) >= 11 is 9.84. The van der Waals surface area contributed by atoms with Crippen molar-refractivity contribution in [2.45, 2.75) is 35.0 Å². The van der Waals surface area contributed by atoms with E-state index in [2.05, 4.69) is 0 Å². The first kappa shape index (κ1) is 36.2. The molecule has 246 valence electrons. The van der Waals surface area contributed by atoms with Gasteiger partial charge in [-0.1, -0.05) is 145 Å². The van der Waals surface area contributed by atoms with Gasteiger partial charge in [0.2, 0.25) is 0 Å². The van der Waals surface area contributed by atoms with Gasteiger partial charge >= 0.3 is 35.0 Å². The van der Waals surface area contributed by atoms with E-state index in [9.17, 15) is 0 Å². The van der Waals surface area contributed by atoms with E-state index in [1.165, 1.54) is 24.3 Å². The molecule has 0 saturated carbocycles. The third-order valence-corrected chi connectivity index (χ3v) is 17.4. The number of rotatable bonds is 11. The molecule has 4 rings (SSSR count). The number of hydrogen-bond acceptors (Lipinski definition) is 2. The number of alkyl halides is 12. The average Bonchev–Trinajstić information content (AvgIpc) is 3.04. The monoisotopic (exact) mass is 734 g/mol. The molecule has 0 nitrogen and oxygen atoms in total. The molecule has 0 aromatic heterocycles. The SMILES string of the molecule is FC(F)(C(F)(F)C(F)(F)C(F)(F)P(=S)(c1ccccc1)c1ccccc1)C(F)(F)C(F)(F)P(=S)(c1ccccc1)c1ccccc1. The maximum Gasteiger partial charge on any atom is 0.385 e. The van der Waals surface area contributed by atoms with Crippen LogP contribution in [-0.2, 0) is 23.6 Å². The highest BCUT2D eigenvalue weighted by Gasteiger charge is 2.92. The Morgan fingerprint density at radius 1 is 0.304 bits per heavy atom. The van der Waals surface area contributed by atoms with Gasteiger partial charge in [0.15, 0.2) is 0 Å². The van der Waals surface area contributed by atoms with Gasteiger partial charge in [-0.2, -0.15) is 52.7 Å². The van der Waals surface area contributed by atoms with E-state index in [1.807, 2.05) is 0 Å². The van der Waals surface area contributed by atoms with Crippen LogP contribution in [0.3, 0.4) is 0 Å². The molecule has 0 heterocycles. The summed E-state index contributed by atoms with van der Waals surface area (Å²) in [7, 11) is 0. The Hall–Kier alpha value is -2.66. The van der Waals surface area contributed by atoms with Gasteiger partial charge in [0, 0.05) is 0 Å². The van der Waals surface area contributed by atoms with Crippen LogP contribution in [0, 0.1) is 0 Å². The molecule has 0 radical (unpaired) electrons. The van der Waals surface area contributed by atoms with E-state index in [4.69, 9.17) is 23.6 Å². The Labute approximate surface area is 265 Å². The topological polar surface area (TPSA) is 0 Å². The third-order valence-electron chi connectivity index (χ3n) is 7.21. The van der Waals surface area contributed by atoms with Crippen molar-refractivity contribution in [2.24, 2.45) is 0 Å². The molecule has 0 atom stereocenters. The molecule has 0 amide bonds. The van der Waals surface area contributed by atoms with E-state index >= 15 is 52.7 Å². The Morgan fingerprint density at radius 3 is 0.652 bits per heavy atom. The number of hydrogen-bond donors (Lipinski definition) is 0. The normalized spacial score (nSPS) is 14.3. The van der Waals surface area contributed by atoms with Gasteiger partial charge < -0.3 is 0 Å². The number of benzene rings is 4. The Balaban J connectivity index is 1.94. The fraction of sp³-hybridized carbons (Fsp3) is 0.200. The van der Waals surface area contributed by atoms with Gasteiger partial charge in [0.05, 0.1) is 12.1 Å². The van der Waals surface area contributed by atoms with Crippen molar-refractivity contribution >= 4 is 56.9 Å². The molecule has 0 fully saturated rings. The van der Waals surface area contributed by atoms with Crippen LogP contribution in [0.15, 0.2) is 121 Å². The summed E-state index contributed by atoms with van der Waals surface area (Å²) in [5, 5.41) is -3.44. The molecule has 0 unspecified atom stereocenters. The smallest absolute Gasteiger partial charge is 0.193 e. The maximum absolute atomic E-state index is 16.0. The van der Waals surface area contributed by atoms with E-state index in [1.54, 1.807) is 0 Å². The fourth-order valence-corrected chi connectivity index (χ4v) is 12.1. The largest absolute Gasteiger partial charge is 0.385 e.